The van der Waals surface area contributed by atoms with Crippen molar-refractivity contribution >= 4 is 32.4 Å². The molecule has 2 aliphatic heterocycles. The largest absolute Gasteiger partial charge is 0.493 e. The maximum Gasteiger partial charge on any atom is 0.257 e. The van der Waals surface area contributed by atoms with Crippen LogP contribution in [0.15, 0.2) is 46.7 Å². The first-order chi connectivity index (χ1) is 16.5. The highest BCUT2D eigenvalue weighted by Gasteiger charge is 2.29. The highest BCUT2D eigenvalue weighted by molar-refractivity contribution is 7.89. The van der Waals surface area contributed by atoms with Crippen LogP contribution >= 0.6 is 11.3 Å². The molecule has 0 atom stereocenters. The molecule has 1 saturated heterocycles. The van der Waals surface area contributed by atoms with Crippen LogP contribution in [0.25, 0.3) is 11.3 Å². The van der Waals surface area contributed by atoms with Gasteiger partial charge in [0.05, 0.1) is 30.4 Å². The Morgan fingerprint density at radius 3 is 2.76 bits per heavy atom. The number of rotatable bonds is 6. The molecule has 10 heteroatoms. The number of benzene rings is 2. The molecule has 1 N–H and O–H groups in total. The molecule has 2 aliphatic rings. The lowest BCUT2D eigenvalue weighted by atomic mass is 10.1. The van der Waals surface area contributed by atoms with Gasteiger partial charge < -0.3 is 9.47 Å². The summed E-state index contributed by atoms with van der Waals surface area (Å²) in [5, 5.41) is 5.15. The van der Waals surface area contributed by atoms with Crippen molar-refractivity contribution < 1.29 is 22.7 Å². The van der Waals surface area contributed by atoms with Crippen molar-refractivity contribution in [3.63, 3.8) is 0 Å². The second-order valence-electron chi connectivity index (χ2n) is 8.11. The molecule has 34 heavy (non-hydrogen) atoms. The van der Waals surface area contributed by atoms with Gasteiger partial charge in [0.15, 0.2) is 5.13 Å². The number of carbonyl (C=O) groups excluding carboxylic acids is 1. The topological polar surface area (TPSA) is 97.8 Å². The third-order valence-electron chi connectivity index (χ3n) is 6.01. The van der Waals surface area contributed by atoms with Gasteiger partial charge in [-0.15, -0.1) is 11.3 Å². The monoisotopic (exact) mass is 499 g/mol. The van der Waals surface area contributed by atoms with Crippen molar-refractivity contribution in [3.05, 3.63) is 58.5 Å². The molecule has 2 aromatic carbocycles. The Kier molecular flexibility index (Phi) is 6.39. The third-order valence-corrected chi connectivity index (χ3v) is 8.75. The predicted molar refractivity (Wildman–Crippen MR) is 130 cm³/mol. The van der Waals surface area contributed by atoms with Gasteiger partial charge in [0, 0.05) is 36.0 Å². The molecule has 3 aromatic rings. The van der Waals surface area contributed by atoms with Gasteiger partial charge in [-0.25, -0.2) is 13.4 Å². The molecule has 0 spiro atoms. The fourth-order valence-electron chi connectivity index (χ4n) is 4.13. The highest BCUT2D eigenvalue weighted by atomic mass is 32.2. The first-order valence-corrected chi connectivity index (χ1v) is 13.5. The van der Waals surface area contributed by atoms with Crippen LogP contribution < -0.4 is 10.1 Å². The summed E-state index contributed by atoms with van der Waals surface area (Å²) in [6.45, 7) is 3.93. The van der Waals surface area contributed by atoms with Gasteiger partial charge in [0.2, 0.25) is 10.0 Å². The lowest BCUT2D eigenvalue weighted by Gasteiger charge is -2.27. The SMILES string of the molecule is CCc1ccc(C(=O)Nc2nc(-c3ccc4c(c3)CCO4)cs2)cc1S(=O)(=O)N1CCOCC1. The number of anilines is 1. The van der Waals surface area contributed by atoms with Gasteiger partial charge in [-0.2, -0.15) is 4.31 Å². The van der Waals surface area contributed by atoms with Gasteiger partial charge >= 0.3 is 0 Å². The highest BCUT2D eigenvalue weighted by Crippen LogP contribution is 2.32. The Balaban J connectivity index is 1.37. The number of nitrogens with one attached hydrogen (secondary N) is 1. The molecule has 1 aromatic heterocycles. The molecule has 1 fully saturated rings. The van der Waals surface area contributed by atoms with E-state index in [0.29, 0.717) is 50.0 Å². The number of hydrogen-bond donors (Lipinski definition) is 1. The summed E-state index contributed by atoms with van der Waals surface area (Å²) >= 11 is 1.33. The third kappa shape index (κ3) is 4.46. The number of sulfonamides is 1. The molecule has 5 rings (SSSR count). The predicted octanol–water partition coefficient (Wildman–Crippen LogP) is 3.58. The average Bonchev–Trinajstić information content (AvgIpc) is 3.53. The molecule has 0 unspecified atom stereocenters. The van der Waals surface area contributed by atoms with E-state index in [2.05, 4.69) is 16.4 Å². The van der Waals surface area contributed by atoms with Gasteiger partial charge in [0.25, 0.3) is 5.91 Å². The summed E-state index contributed by atoms with van der Waals surface area (Å²) in [6.07, 6.45) is 1.42. The maximum absolute atomic E-state index is 13.3. The summed E-state index contributed by atoms with van der Waals surface area (Å²) in [6, 6.07) is 10.8. The van der Waals surface area contributed by atoms with Crippen molar-refractivity contribution in [2.75, 3.05) is 38.2 Å². The van der Waals surface area contributed by atoms with E-state index in [1.807, 2.05) is 24.4 Å². The zero-order valence-corrected chi connectivity index (χ0v) is 20.4. The van der Waals surface area contributed by atoms with E-state index in [9.17, 15) is 13.2 Å². The van der Waals surface area contributed by atoms with Crippen molar-refractivity contribution in [1.29, 1.82) is 0 Å². The van der Waals surface area contributed by atoms with Gasteiger partial charge in [0.1, 0.15) is 5.75 Å². The smallest absolute Gasteiger partial charge is 0.257 e. The number of aryl methyl sites for hydroxylation is 1. The van der Waals surface area contributed by atoms with Crippen LogP contribution in [0.5, 0.6) is 5.75 Å². The molecular weight excluding hydrogens is 474 g/mol. The Hall–Kier alpha value is -2.79. The molecule has 0 saturated carbocycles. The minimum Gasteiger partial charge on any atom is -0.493 e. The van der Waals surface area contributed by atoms with Crippen molar-refractivity contribution in [1.82, 2.24) is 9.29 Å². The fraction of sp³-hybridized carbons (Fsp3) is 0.333. The van der Waals surface area contributed by atoms with Gasteiger partial charge in [-0.3, -0.25) is 10.1 Å². The molecule has 8 nitrogen and oxygen atoms in total. The summed E-state index contributed by atoms with van der Waals surface area (Å²) in [7, 11) is -3.72. The minimum atomic E-state index is -3.72. The number of aromatic nitrogens is 1. The number of nitrogens with zero attached hydrogens (tertiary/aromatic N) is 2. The quantitative estimate of drug-likeness (QED) is 0.557. The van der Waals surface area contributed by atoms with E-state index in [-0.39, 0.29) is 10.5 Å². The summed E-state index contributed by atoms with van der Waals surface area (Å²) in [5.41, 5.74) is 3.84. The van der Waals surface area contributed by atoms with E-state index in [0.717, 1.165) is 29.0 Å². The first kappa shape index (κ1) is 23.0. The van der Waals surface area contributed by atoms with Crippen LogP contribution in [0.2, 0.25) is 0 Å². The van der Waals surface area contributed by atoms with E-state index < -0.39 is 15.9 Å². The fourth-order valence-corrected chi connectivity index (χ4v) is 6.58. The molecule has 3 heterocycles. The average molecular weight is 500 g/mol. The van der Waals surface area contributed by atoms with E-state index in [1.165, 1.54) is 21.7 Å². The second-order valence-corrected chi connectivity index (χ2v) is 10.9. The van der Waals surface area contributed by atoms with Crippen LogP contribution in [0.1, 0.15) is 28.4 Å². The minimum absolute atomic E-state index is 0.171. The van der Waals surface area contributed by atoms with Crippen molar-refractivity contribution in [3.8, 4) is 17.0 Å². The van der Waals surface area contributed by atoms with E-state index >= 15 is 0 Å². The normalized spacial score (nSPS) is 16.1. The van der Waals surface area contributed by atoms with Crippen LogP contribution in [0.4, 0.5) is 5.13 Å². The van der Waals surface area contributed by atoms with Crippen LogP contribution in [-0.2, 0) is 27.6 Å². The summed E-state index contributed by atoms with van der Waals surface area (Å²) in [5.74, 6) is 0.509. The molecular formula is C24H25N3O5S2. The van der Waals surface area contributed by atoms with Crippen LogP contribution in [-0.4, -0.2) is 56.5 Å². The van der Waals surface area contributed by atoms with Gasteiger partial charge in [-0.1, -0.05) is 13.0 Å². The number of ether oxygens (including phenoxy) is 2. The Morgan fingerprint density at radius 1 is 1.15 bits per heavy atom. The zero-order valence-electron chi connectivity index (χ0n) is 18.7. The van der Waals surface area contributed by atoms with Crippen molar-refractivity contribution in [2.45, 2.75) is 24.7 Å². The number of thiazole rings is 1. The molecule has 0 radical (unpaired) electrons. The number of hydrogen-bond acceptors (Lipinski definition) is 7. The molecule has 178 valence electrons. The first-order valence-electron chi connectivity index (χ1n) is 11.2. The maximum atomic E-state index is 13.3. The van der Waals surface area contributed by atoms with Crippen LogP contribution in [0, 0.1) is 0 Å². The summed E-state index contributed by atoms with van der Waals surface area (Å²) in [4.78, 5) is 17.7. The Labute approximate surface area is 202 Å². The Bertz CT molecular complexity index is 1330. The summed E-state index contributed by atoms with van der Waals surface area (Å²) < 4.78 is 38.8. The Morgan fingerprint density at radius 2 is 1.97 bits per heavy atom. The number of carbonyl (C=O) groups is 1. The number of fused-ring (bicyclic) bond motifs is 1. The standard InChI is InChI=1S/C24H25N3O5S2/c1-2-16-3-4-19(14-22(16)34(29,30)27-8-11-31-12-9-27)23(28)26-24-25-20(15-33-24)17-5-6-21-18(13-17)7-10-32-21/h3-6,13-15H,2,7-12H2,1H3,(H,25,26,28). The lowest BCUT2D eigenvalue weighted by Crippen LogP contribution is -2.41. The van der Waals surface area contributed by atoms with Gasteiger partial charge in [-0.05, 0) is 47.9 Å². The zero-order chi connectivity index (χ0) is 23.7. The van der Waals surface area contributed by atoms with E-state index in [1.54, 1.807) is 12.1 Å². The lowest BCUT2D eigenvalue weighted by molar-refractivity contribution is 0.0730. The number of amides is 1. The molecule has 1 amide bonds. The van der Waals surface area contributed by atoms with Crippen molar-refractivity contribution in [2.24, 2.45) is 0 Å². The second kappa shape index (κ2) is 9.46. The molecule has 0 aliphatic carbocycles. The van der Waals surface area contributed by atoms with Crippen LogP contribution in [0.3, 0.4) is 0 Å². The number of morpholine rings is 1. The molecule has 0 bridgehead atoms. The van der Waals surface area contributed by atoms with E-state index in [4.69, 9.17) is 9.47 Å².